The molecule has 0 saturated carbocycles. The van der Waals surface area contributed by atoms with E-state index < -0.39 is 0 Å². The Bertz CT molecular complexity index is 553. The number of rotatable bonds is 5. The molecule has 19 heavy (non-hydrogen) atoms. The first-order chi connectivity index (χ1) is 9.10. The van der Waals surface area contributed by atoms with Crippen molar-refractivity contribution in [1.82, 2.24) is 9.78 Å². The summed E-state index contributed by atoms with van der Waals surface area (Å²) in [5.74, 6) is 0.815. The van der Waals surface area contributed by atoms with Gasteiger partial charge in [-0.1, -0.05) is 18.5 Å². The molecule has 2 N–H and O–H groups in total. The third kappa shape index (κ3) is 3.67. The number of anilines is 1. The maximum Gasteiger partial charge on any atom is 0.0727 e. The van der Waals surface area contributed by atoms with Crippen LogP contribution in [0.15, 0.2) is 35.4 Å². The molecule has 1 heterocycles. The molecule has 0 aliphatic heterocycles. The van der Waals surface area contributed by atoms with Crippen LogP contribution in [0.5, 0.6) is 0 Å². The van der Waals surface area contributed by atoms with Crippen LogP contribution in [0.4, 0.5) is 5.69 Å². The molecule has 0 radical (unpaired) electrons. The van der Waals surface area contributed by atoms with Crippen molar-refractivity contribution in [2.24, 2.45) is 0 Å². The van der Waals surface area contributed by atoms with Crippen LogP contribution in [0.3, 0.4) is 0 Å². The van der Waals surface area contributed by atoms with E-state index >= 15 is 0 Å². The lowest BCUT2D eigenvalue weighted by Gasteiger charge is -2.08. The number of nitrogen functional groups attached to an aromatic ring is 1. The van der Waals surface area contributed by atoms with Gasteiger partial charge < -0.3 is 5.73 Å². The molecule has 5 heteroatoms. The van der Waals surface area contributed by atoms with Crippen LogP contribution in [-0.2, 0) is 5.75 Å². The van der Waals surface area contributed by atoms with E-state index in [9.17, 15) is 0 Å². The van der Waals surface area contributed by atoms with Gasteiger partial charge in [-0.25, -0.2) is 0 Å². The van der Waals surface area contributed by atoms with Gasteiger partial charge in [0.15, 0.2) is 0 Å². The maximum atomic E-state index is 5.93. The van der Waals surface area contributed by atoms with E-state index in [0.717, 1.165) is 28.5 Å². The Morgan fingerprint density at radius 3 is 2.89 bits per heavy atom. The van der Waals surface area contributed by atoms with Gasteiger partial charge in [0, 0.05) is 33.6 Å². The molecule has 0 spiro atoms. The van der Waals surface area contributed by atoms with E-state index in [0.29, 0.717) is 11.1 Å². The van der Waals surface area contributed by atoms with Crippen molar-refractivity contribution in [3.8, 4) is 0 Å². The molecule has 0 amide bonds. The first-order valence-corrected chi connectivity index (χ1v) is 7.68. The molecule has 1 atom stereocenters. The number of nitrogens with two attached hydrogens (primary N) is 1. The summed E-state index contributed by atoms with van der Waals surface area (Å²) in [6, 6.07) is 8.10. The van der Waals surface area contributed by atoms with Crippen LogP contribution in [0.1, 0.15) is 32.0 Å². The van der Waals surface area contributed by atoms with Crippen molar-refractivity contribution in [2.75, 3.05) is 5.73 Å². The summed E-state index contributed by atoms with van der Waals surface area (Å²) in [6.07, 6.45) is 3.12. The Balaban J connectivity index is 2.00. The second-order valence-electron chi connectivity index (χ2n) is 4.52. The van der Waals surface area contributed by atoms with Gasteiger partial charge >= 0.3 is 0 Å². The molecule has 0 aliphatic carbocycles. The molecule has 2 rings (SSSR count). The fourth-order valence-corrected chi connectivity index (χ4v) is 2.72. The van der Waals surface area contributed by atoms with Crippen molar-refractivity contribution in [3.63, 3.8) is 0 Å². The SMILES string of the molecule is CCC(C)n1ccc(CSc2ccc(Cl)cc2N)n1. The van der Waals surface area contributed by atoms with E-state index in [1.807, 2.05) is 23.0 Å². The number of hydrogen-bond acceptors (Lipinski definition) is 3. The summed E-state index contributed by atoms with van der Waals surface area (Å²) >= 11 is 7.57. The Morgan fingerprint density at radius 2 is 2.21 bits per heavy atom. The topological polar surface area (TPSA) is 43.8 Å². The summed E-state index contributed by atoms with van der Waals surface area (Å²) in [7, 11) is 0. The van der Waals surface area contributed by atoms with E-state index in [1.165, 1.54) is 0 Å². The minimum atomic E-state index is 0.444. The van der Waals surface area contributed by atoms with Gasteiger partial charge in [0.05, 0.1) is 5.69 Å². The van der Waals surface area contributed by atoms with Crippen LogP contribution >= 0.6 is 23.4 Å². The average molecular weight is 296 g/mol. The van der Waals surface area contributed by atoms with Gasteiger partial charge in [-0.15, -0.1) is 11.8 Å². The lowest BCUT2D eigenvalue weighted by atomic mass is 10.3. The van der Waals surface area contributed by atoms with E-state index in [2.05, 4.69) is 25.0 Å². The quantitative estimate of drug-likeness (QED) is 0.657. The molecular formula is C14H18ClN3S. The standard InChI is InChI=1S/C14H18ClN3S/c1-3-10(2)18-7-6-12(17-18)9-19-14-5-4-11(15)8-13(14)16/h4-8,10H,3,9,16H2,1-2H3. The second kappa shape index (κ2) is 6.35. The van der Waals surface area contributed by atoms with Crippen molar-refractivity contribution < 1.29 is 0 Å². The highest BCUT2D eigenvalue weighted by molar-refractivity contribution is 7.98. The molecule has 0 aliphatic rings. The van der Waals surface area contributed by atoms with Gasteiger partial charge in [0.1, 0.15) is 0 Å². The number of aromatic nitrogens is 2. The van der Waals surface area contributed by atoms with Crippen LogP contribution in [-0.4, -0.2) is 9.78 Å². The molecule has 3 nitrogen and oxygen atoms in total. The predicted octanol–water partition coefficient (Wildman–Crippen LogP) is 4.38. The molecule has 1 unspecified atom stereocenters. The molecule has 102 valence electrons. The van der Waals surface area contributed by atoms with Crippen LogP contribution < -0.4 is 5.73 Å². The normalized spacial score (nSPS) is 12.6. The smallest absolute Gasteiger partial charge is 0.0727 e. The summed E-state index contributed by atoms with van der Waals surface area (Å²) in [4.78, 5) is 1.04. The number of hydrogen-bond donors (Lipinski definition) is 1. The summed E-state index contributed by atoms with van der Waals surface area (Å²) in [5.41, 5.74) is 7.72. The minimum absolute atomic E-state index is 0.444. The Labute approximate surface area is 123 Å². The fourth-order valence-electron chi connectivity index (χ4n) is 1.69. The van der Waals surface area contributed by atoms with Crippen LogP contribution in [0.25, 0.3) is 0 Å². The molecule has 0 bridgehead atoms. The van der Waals surface area contributed by atoms with Gasteiger partial charge in [0.25, 0.3) is 0 Å². The third-order valence-corrected chi connectivity index (χ3v) is 4.41. The Hall–Kier alpha value is -1.13. The minimum Gasteiger partial charge on any atom is -0.398 e. The van der Waals surface area contributed by atoms with Crippen molar-refractivity contribution in [1.29, 1.82) is 0 Å². The zero-order valence-corrected chi connectivity index (χ0v) is 12.7. The molecule has 1 aromatic carbocycles. The first-order valence-electron chi connectivity index (χ1n) is 6.32. The van der Waals surface area contributed by atoms with Crippen molar-refractivity contribution in [3.05, 3.63) is 41.2 Å². The molecule has 2 aromatic rings. The van der Waals surface area contributed by atoms with Crippen molar-refractivity contribution in [2.45, 2.75) is 37.0 Å². The van der Waals surface area contributed by atoms with Gasteiger partial charge in [-0.2, -0.15) is 5.10 Å². The average Bonchev–Trinajstić information content (AvgIpc) is 2.85. The van der Waals surface area contributed by atoms with Gasteiger partial charge in [-0.05, 0) is 37.6 Å². The van der Waals surface area contributed by atoms with Gasteiger partial charge in [-0.3, -0.25) is 4.68 Å². The van der Waals surface area contributed by atoms with Gasteiger partial charge in [0.2, 0.25) is 0 Å². The van der Waals surface area contributed by atoms with Crippen LogP contribution in [0.2, 0.25) is 5.02 Å². The van der Waals surface area contributed by atoms with Crippen LogP contribution in [0, 0.1) is 0 Å². The molecule has 0 fully saturated rings. The van der Waals surface area contributed by atoms with E-state index in [-0.39, 0.29) is 0 Å². The maximum absolute atomic E-state index is 5.93. The lowest BCUT2D eigenvalue weighted by Crippen LogP contribution is -2.04. The fraction of sp³-hybridized carbons (Fsp3) is 0.357. The first kappa shape index (κ1) is 14.3. The largest absolute Gasteiger partial charge is 0.398 e. The number of halogens is 1. The second-order valence-corrected chi connectivity index (χ2v) is 5.97. The van der Waals surface area contributed by atoms with E-state index in [4.69, 9.17) is 17.3 Å². The van der Waals surface area contributed by atoms with Crippen molar-refractivity contribution >= 4 is 29.1 Å². The molecular weight excluding hydrogens is 278 g/mol. The highest BCUT2D eigenvalue weighted by Gasteiger charge is 2.06. The highest BCUT2D eigenvalue weighted by atomic mass is 35.5. The third-order valence-electron chi connectivity index (χ3n) is 3.05. The summed E-state index contributed by atoms with van der Waals surface area (Å²) in [5, 5.41) is 5.24. The zero-order valence-electron chi connectivity index (χ0n) is 11.1. The summed E-state index contributed by atoms with van der Waals surface area (Å²) < 4.78 is 2.01. The van der Waals surface area contributed by atoms with E-state index in [1.54, 1.807) is 17.8 Å². The zero-order chi connectivity index (χ0) is 13.8. The number of nitrogens with zero attached hydrogens (tertiary/aromatic N) is 2. The summed E-state index contributed by atoms with van der Waals surface area (Å²) in [6.45, 7) is 4.33. The molecule has 0 saturated heterocycles. The molecule has 1 aromatic heterocycles. The number of thioether (sulfide) groups is 1. The monoisotopic (exact) mass is 295 g/mol. The Morgan fingerprint density at radius 1 is 1.42 bits per heavy atom. The lowest BCUT2D eigenvalue weighted by molar-refractivity contribution is 0.475. The highest BCUT2D eigenvalue weighted by Crippen LogP contribution is 2.29. The Kier molecular flexibility index (Phi) is 4.77. The number of benzene rings is 1. The predicted molar refractivity (Wildman–Crippen MR) is 82.7 cm³/mol.